The lowest BCUT2D eigenvalue weighted by Crippen LogP contribution is -2.07. The summed E-state index contributed by atoms with van der Waals surface area (Å²) >= 11 is 3.79. The largest absolute Gasteiger partial charge is 0.381 e. The Balaban J connectivity index is 2.17. The minimum absolute atomic E-state index is 0.444. The summed E-state index contributed by atoms with van der Waals surface area (Å²) in [7, 11) is 0. The monoisotopic (exact) mass is 268 g/mol. The van der Waals surface area contributed by atoms with E-state index in [0.29, 0.717) is 10.7 Å². The van der Waals surface area contributed by atoms with Gasteiger partial charge < -0.3 is 4.74 Å². The van der Waals surface area contributed by atoms with Gasteiger partial charge in [-0.15, -0.1) is 0 Å². The van der Waals surface area contributed by atoms with E-state index in [2.05, 4.69) is 48.0 Å². The third-order valence-corrected chi connectivity index (χ3v) is 4.50. The lowest BCUT2D eigenvalue weighted by Gasteiger charge is -2.17. The first-order chi connectivity index (χ1) is 7.18. The summed E-state index contributed by atoms with van der Waals surface area (Å²) in [6.45, 7) is 6.13. The molecule has 0 bridgehead atoms. The van der Waals surface area contributed by atoms with Gasteiger partial charge in [0, 0.05) is 17.4 Å². The summed E-state index contributed by atoms with van der Waals surface area (Å²) < 4.78 is 5.42. The van der Waals surface area contributed by atoms with E-state index in [1.807, 2.05) is 0 Å². The summed E-state index contributed by atoms with van der Waals surface area (Å²) in [6, 6.07) is 6.71. The van der Waals surface area contributed by atoms with Crippen LogP contribution in [0.25, 0.3) is 0 Å². The third kappa shape index (κ3) is 2.43. The minimum Gasteiger partial charge on any atom is -0.381 e. The molecule has 2 rings (SSSR count). The zero-order chi connectivity index (χ0) is 10.8. The number of alkyl halides is 1. The van der Waals surface area contributed by atoms with Crippen LogP contribution in [0.1, 0.15) is 27.9 Å². The molecule has 0 saturated carbocycles. The molecule has 1 aliphatic rings. The van der Waals surface area contributed by atoms with E-state index in [4.69, 9.17) is 4.74 Å². The third-order valence-electron chi connectivity index (χ3n) is 3.23. The summed E-state index contributed by atoms with van der Waals surface area (Å²) in [5.74, 6) is 0.632. The van der Waals surface area contributed by atoms with Crippen molar-refractivity contribution < 1.29 is 4.74 Å². The van der Waals surface area contributed by atoms with Gasteiger partial charge in [-0.25, -0.2) is 0 Å². The summed E-state index contributed by atoms with van der Waals surface area (Å²) in [4.78, 5) is 0.444. The molecule has 1 aromatic carbocycles. The highest BCUT2D eigenvalue weighted by Crippen LogP contribution is 2.36. The quantitative estimate of drug-likeness (QED) is 0.742. The number of rotatable bonds is 2. The van der Waals surface area contributed by atoms with Gasteiger partial charge in [-0.05, 0) is 37.0 Å². The molecular weight excluding hydrogens is 252 g/mol. The van der Waals surface area contributed by atoms with Crippen molar-refractivity contribution in [3.05, 3.63) is 34.9 Å². The maximum Gasteiger partial charge on any atom is 0.0509 e. The first-order valence-corrected chi connectivity index (χ1v) is 6.39. The Labute approximate surface area is 100.0 Å². The molecule has 0 spiro atoms. The predicted octanol–water partition coefficient (Wildman–Crippen LogP) is 3.78. The molecule has 1 aromatic rings. The van der Waals surface area contributed by atoms with Crippen molar-refractivity contribution in [3.63, 3.8) is 0 Å². The van der Waals surface area contributed by atoms with Crippen LogP contribution in [0.5, 0.6) is 0 Å². The van der Waals surface area contributed by atoms with Gasteiger partial charge in [-0.3, -0.25) is 0 Å². The van der Waals surface area contributed by atoms with E-state index in [0.717, 1.165) is 13.2 Å². The molecule has 2 heteroatoms. The van der Waals surface area contributed by atoms with Crippen LogP contribution in [0.2, 0.25) is 0 Å². The molecule has 1 aliphatic heterocycles. The van der Waals surface area contributed by atoms with Gasteiger partial charge in [-0.2, -0.15) is 0 Å². The van der Waals surface area contributed by atoms with Crippen LogP contribution in [0.4, 0.5) is 0 Å². The predicted molar refractivity (Wildman–Crippen MR) is 66.5 cm³/mol. The average Bonchev–Trinajstić information content (AvgIpc) is 2.74. The van der Waals surface area contributed by atoms with Crippen LogP contribution in [-0.4, -0.2) is 13.2 Å². The fourth-order valence-electron chi connectivity index (χ4n) is 1.99. The highest BCUT2D eigenvalue weighted by molar-refractivity contribution is 9.09. The summed E-state index contributed by atoms with van der Waals surface area (Å²) in [5, 5.41) is 0. The van der Waals surface area contributed by atoms with Gasteiger partial charge in [0.2, 0.25) is 0 Å². The Morgan fingerprint density at radius 1 is 1.33 bits per heavy atom. The SMILES string of the molecule is Cc1ccc(C(Br)C2CCOC2)cc1C. The van der Waals surface area contributed by atoms with E-state index >= 15 is 0 Å². The van der Waals surface area contributed by atoms with Gasteiger partial charge in [0.1, 0.15) is 0 Å². The number of hydrogen-bond donors (Lipinski definition) is 0. The molecule has 0 radical (unpaired) electrons. The van der Waals surface area contributed by atoms with Crippen molar-refractivity contribution >= 4 is 15.9 Å². The molecule has 15 heavy (non-hydrogen) atoms. The van der Waals surface area contributed by atoms with Gasteiger partial charge in [-0.1, -0.05) is 34.1 Å². The fraction of sp³-hybridized carbons (Fsp3) is 0.538. The Bertz CT molecular complexity index is 342. The Kier molecular flexibility index (Phi) is 3.47. The van der Waals surface area contributed by atoms with Crippen LogP contribution >= 0.6 is 15.9 Å². The average molecular weight is 269 g/mol. The number of aryl methyl sites for hydroxylation is 2. The van der Waals surface area contributed by atoms with Crippen molar-refractivity contribution in [1.82, 2.24) is 0 Å². The molecule has 0 amide bonds. The number of hydrogen-bond acceptors (Lipinski definition) is 1. The van der Waals surface area contributed by atoms with Crippen molar-refractivity contribution in [3.8, 4) is 0 Å². The van der Waals surface area contributed by atoms with E-state index in [1.165, 1.54) is 23.1 Å². The smallest absolute Gasteiger partial charge is 0.0509 e. The molecular formula is C13H17BrO. The number of benzene rings is 1. The number of halogens is 1. The molecule has 1 nitrogen and oxygen atoms in total. The van der Waals surface area contributed by atoms with Gasteiger partial charge in [0.25, 0.3) is 0 Å². The molecule has 2 atom stereocenters. The second-order valence-corrected chi connectivity index (χ2v) is 5.36. The van der Waals surface area contributed by atoms with Crippen molar-refractivity contribution in [1.29, 1.82) is 0 Å². The number of ether oxygens (including phenoxy) is 1. The topological polar surface area (TPSA) is 9.23 Å². The van der Waals surface area contributed by atoms with Crippen molar-refractivity contribution in [2.75, 3.05) is 13.2 Å². The molecule has 0 aromatic heterocycles. The minimum atomic E-state index is 0.444. The van der Waals surface area contributed by atoms with Crippen molar-refractivity contribution in [2.45, 2.75) is 25.1 Å². The highest BCUT2D eigenvalue weighted by atomic mass is 79.9. The maximum absolute atomic E-state index is 5.42. The molecule has 1 heterocycles. The Morgan fingerprint density at radius 3 is 2.73 bits per heavy atom. The van der Waals surface area contributed by atoms with E-state index in [9.17, 15) is 0 Å². The lowest BCUT2D eigenvalue weighted by molar-refractivity contribution is 0.185. The second kappa shape index (κ2) is 4.67. The highest BCUT2D eigenvalue weighted by Gasteiger charge is 2.24. The van der Waals surface area contributed by atoms with E-state index < -0.39 is 0 Å². The molecule has 82 valence electrons. The van der Waals surface area contributed by atoms with Crippen LogP contribution in [0.3, 0.4) is 0 Å². The van der Waals surface area contributed by atoms with Crippen molar-refractivity contribution in [2.24, 2.45) is 5.92 Å². The summed E-state index contributed by atoms with van der Waals surface area (Å²) in [6.07, 6.45) is 1.17. The normalized spacial score (nSPS) is 23.0. The molecule has 0 aliphatic carbocycles. The molecule has 2 unspecified atom stereocenters. The van der Waals surface area contributed by atoms with Crippen LogP contribution < -0.4 is 0 Å². The zero-order valence-corrected chi connectivity index (χ0v) is 10.9. The molecule has 1 fully saturated rings. The van der Waals surface area contributed by atoms with Crippen LogP contribution in [-0.2, 0) is 4.74 Å². The zero-order valence-electron chi connectivity index (χ0n) is 9.29. The van der Waals surface area contributed by atoms with Gasteiger partial charge in [0.05, 0.1) is 6.61 Å². The van der Waals surface area contributed by atoms with Gasteiger partial charge in [0.15, 0.2) is 0 Å². The molecule has 1 saturated heterocycles. The Morgan fingerprint density at radius 2 is 2.13 bits per heavy atom. The van der Waals surface area contributed by atoms with Crippen LogP contribution in [0, 0.1) is 19.8 Å². The standard InChI is InChI=1S/C13H17BrO/c1-9-3-4-11(7-10(9)2)13(14)12-5-6-15-8-12/h3-4,7,12-13H,5-6,8H2,1-2H3. The Hall–Kier alpha value is -0.340. The lowest BCUT2D eigenvalue weighted by atomic mass is 9.96. The van der Waals surface area contributed by atoms with Gasteiger partial charge >= 0.3 is 0 Å². The maximum atomic E-state index is 5.42. The second-order valence-electron chi connectivity index (χ2n) is 4.37. The van der Waals surface area contributed by atoms with E-state index in [-0.39, 0.29) is 0 Å². The first-order valence-electron chi connectivity index (χ1n) is 5.47. The molecule has 0 N–H and O–H groups in total. The van der Waals surface area contributed by atoms with E-state index in [1.54, 1.807) is 0 Å². The fourth-order valence-corrected chi connectivity index (χ4v) is 2.69. The van der Waals surface area contributed by atoms with Crippen LogP contribution in [0.15, 0.2) is 18.2 Å². The summed E-state index contributed by atoms with van der Waals surface area (Å²) in [5.41, 5.74) is 4.12. The first kappa shape index (κ1) is 11.2.